The fourth-order valence-electron chi connectivity index (χ4n) is 2.47. The first-order valence-electron chi connectivity index (χ1n) is 8.13. The van der Waals surface area contributed by atoms with Crippen LogP contribution in [0.3, 0.4) is 0 Å². The second kappa shape index (κ2) is 8.04. The average molecular weight is 357 g/mol. The Balaban J connectivity index is 1.87. The Hall–Kier alpha value is -2.51. The van der Waals surface area contributed by atoms with Crippen molar-refractivity contribution < 1.29 is 9.53 Å². The van der Waals surface area contributed by atoms with Crippen LogP contribution in [0.15, 0.2) is 46.7 Å². The first-order chi connectivity index (χ1) is 12.2. The predicted molar refractivity (Wildman–Crippen MR) is 98.2 cm³/mol. The number of nitrogens with one attached hydrogen (secondary N) is 1. The van der Waals surface area contributed by atoms with Gasteiger partial charge in [-0.2, -0.15) is 0 Å². The summed E-state index contributed by atoms with van der Waals surface area (Å²) in [5, 5.41) is 4.62. The summed E-state index contributed by atoms with van der Waals surface area (Å²) in [7, 11) is 0. The quantitative estimate of drug-likeness (QED) is 0.660. The van der Waals surface area contributed by atoms with Crippen molar-refractivity contribution in [3.05, 3.63) is 57.8 Å². The molecule has 1 aromatic carbocycles. The second-order valence-corrected chi connectivity index (χ2v) is 6.22. The fourth-order valence-corrected chi connectivity index (χ4v) is 3.33. The van der Waals surface area contributed by atoms with E-state index in [-0.39, 0.29) is 11.1 Å². The van der Waals surface area contributed by atoms with Gasteiger partial charge in [0.2, 0.25) is 0 Å². The van der Waals surface area contributed by atoms with Crippen LogP contribution in [-0.4, -0.2) is 35.1 Å². The maximum atomic E-state index is 12.8. The molecule has 7 heteroatoms. The third-order valence-corrected chi connectivity index (χ3v) is 4.55. The van der Waals surface area contributed by atoms with Gasteiger partial charge in [-0.05, 0) is 18.9 Å². The highest BCUT2D eigenvalue weighted by Crippen LogP contribution is 2.23. The van der Waals surface area contributed by atoms with Crippen LogP contribution in [0.4, 0.5) is 0 Å². The number of carbonyl (C=O) groups is 1. The Bertz CT molecular complexity index is 918. The molecule has 1 amide bonds. The second-order valence-electron chi connectivity index (χ2n) is 5.39. The van der Waals surface area contributed by atoms with E-state index in [0.29, 0.717) is 31.1 Å². The molecule has 0 aliphatic heterocycles. The van der Waals surface area contributed by atoms with Gasteiger partial charge in [0.15, 0.2) is 4.96 Å². The summed E-state index contributed by atoms with van der Waals surface area (Å²) in [4.78, 5) is 29.9. The number of rotatable bonds is 7. The number of benzene rings is 1. The minimum atomic E-state index is -0.409. The zero-order valence-corrected chi connectivity index (χ0v) is 14.7. The molecule has 3 aromatic rings. The Morgan fingerprint density at radius 1 is 1.32 bits per heavy atom. The van der Waals surface area contributed by atoms with E-state index in [9.17, 15) is 9.59 Å². The summed E-state index contributed by atoms with van der Waals surface area (Å²) in [5.74, 6) is -0.409. The van der Waals surface area contributed by atoms with E-state index in [1.807, 2.05) is 42.6 Å². The van der Waals surface area contributed by atoms with Crippen LogP contribution >= 0.6 is 11.3 Å². The molecule has 3 rings (SSSR count). The van der Waals surface area contributed by atoms with Gasteiger partial charge in [0, 0.05) is 31.3 Å². The maximum Gasteiger partial charge on any atom is 0.271 e. The van der Waals surface area contributed by atoms with Gasteiger partial charge in [0.05, 0.1) is 5.69 Å². The molecule has 0 unspecified atom stereocenters. The van der Waals surface area contributed by atoms with E-state index in [1.165, 1.54) is 21.9 Å². The summed E-state index contributed by atoms with van der Waals surface area (Å²) < 4.78 is 6.72. The molecule has 25 heavy (non-hydrogen) atoms. The predicted octanol–water partition coefficient (Wildman–Crippen LogP) is 2.58. The smallest absolute Gasteiger partial charge is 0.271 e. The van der Waals surface area contributed by atoms with Gasteiger partial charge in [-0.1, -0.05) is 30.3 Å². The summed E-state index contributed by atoms with van der Waals surface area (Å²) >= 11 is 1.37. The lowest BCUT2D eigenvalue weighted by Crippen LogP contribution is -2.32. The van der Waals surface area contributed by atoms with E-state index in [2.05, 4.69) is 10.3 Å². The number of nitrogens with zero attached hydrogens (tertiary/aromatic N) is 2. The Morgan fingerprint density at radius 2 is 2.12 bits per heavy atom. The molecule has 0 fully saturated rings. The highest BCUT2D eigenvalue weighted by molar-refractivity contribution is 7.15. The maximum absolute atomic E-state index is 12.8. The van der Waals surface area contributed by atoms with Gasteiger partial charge in [0.25, 0.3) is 11.5 Å². The molecule has 0 atom stereocenters. The summed E-state index contributed by atoms with van der Waals surface area (Å²) in [6.45, 7) is 3.60. The lowest BCUT2D eigenvalue weighted by atomic mass is 10.2. The van der Waals surface area contributed by atoms with Gasteiger partial charge in [-0.3, -0.25) is 14.0 Å². The van der Waals surface area contributed by atoms with Crippen molar-refractivity contribution in [2.45, 2.75) is 13.3 Å². The number of amides is 1. The molecular formula is C18H19N3O3S. The Labute approximate surface area is 149 Å². The topological polar surface area (TPSA) is 72.7 Å². The molecule has 0 bridgehead atoms. The van der Waals surface area contributed by atoms with Crippen molar-refractivity contribution in [2.24, 2.45) is 0 Å². The zero-order valence-electron chi connectivity index (χ0n) is 13.9. The number of carbonyl (C=O) groups excluding carboxylic acids is 1. The third-order valence-electron chi connectivity index (χ3n) is 3.72. The van der Waals surface area contributed by atoms with Gasteiger partial charge in [0.1, 0.15) is 5.56 Å². The molecule has 0 radical (unpaired) electrons. The number of thiazole rings is 1. The van der Waals surface area contributed by atoms with E-state index in [4.69, 9.17) is 4.74 Å². The van der Waals surface area contributed by atoms with Crippen LogP contribution in [-0.2, 0) is 4.74 Å². The van der Waals surface area contributed by atoms with Crippen molar-refractivity contribution in [1.82, 2.24) is 14.7 Å². The minimum absolute atomic E-state index is 0.0458. The standard InChI is InChI=1S/C18H19N3O3S/c1-2-24-10-6-9-19-16(22)14-11-20-18-21(17(14)23)15(12-25-18)13-7-4-3-5-8-13/h3-5,7-8,11-12H,2,6,9-10H2,1H3,(H,19,22). The molecule has 0 saturated heterocycles. The van der Waals surface area contributed by atoms with Gasteiger partial charge >= 0.3 is 0 Å². The van der Waals surface area contributed by atoms with Crippen molar-refractivity contribution in [1.29, 1.82) is 0 Å². The van der Waals surface area contributed by atoms with E-state index in [1.54, 1.807) is 0 Å². The van der Waals surface area contributed by atoms with E-state index < -0.39 is 5.91 Å². The van der Waals surface area contributed by atoms with Crippen molar-refractivity contribution in [3.63, 3.8) is 0 Å². The zero-order chi connectivity index (χ0) is 17.6. The Kier molecular flexibility index (Phi) is 5.57. The van der Waals surface area contributed by atoms with Crippen molar-refractivity contribution in [3.8, 4) is 11.3 Å². The number of ether oxygens (including phenoxy) is 1. The molecular weight excluding hydrogens is 338 g/mol. The van der Waals surface area contributed by atoms with Crippen LogP contribution in [0.1, 0.15) is 23.7 Å². The summed E-state index contributed by atoms with van der Waals surface area (Å²) in [6, 6.07) is 9.58. The summed E-state index contributed by atoms with van der Waals surface area (Å²) in [5.41, 5.74) is 1.34. The molecule has 2 heterocycles. The van der Waals surface area contributed by atoms with Gasteiger partial charge < -0.3 is 10.1 Å². The first-order valence-corrected chi connectivity index (χ1v) is 9.01. The highest BCUT2D eigenvalue weighted by atomic mass is 32.1. The van der Waals surface area contributed by atoms with Crippen LogP contribution in [0, 0.1) is 0 Å². The van der Waals surface area contributed by atoms with Crippen molar-refractivity contribution in [2.75, 3.05) is 19.8 Å². The number of aromatic nitrogens is 2. The largest absolute Gasteiger partial charge is 0.382 e. The third kappa shape index (κ3) is 3.78. The molecule has 1 N–H and O–H groups in total. The molecule has 6 nitrogen and oxygen atoms in total. The lowest BCUT2D eigenvalue weighted by molar-refractivity contribution is 0.0942. The SMILES string of the molecule is CCOCCCNC(=O)c1cnc2scc(-c3ccccc3)n2c1=O. The molecule has 130 valence electrons. The molecule has 0 saturated carbocycles. The molecule has 0 spiro atoms. The van der Waals surface area contributed by atoms with E-state index >= 15 is 0 Å². The minimum Gasteiger partial charge on any atom is -0.382 e. The van der Waals surface area contributed by atoms with Crippen molar-refractivity contribution >= 4 is 22.2 Å². The number of hydrogen-bond acceptors (Lipinski definition) is 5. The van der Waals surface area contributed by atoms with Crippen LogP contribution < -0.4 is 10.9 Å². The molecule has 2 aromatic heterocycles. The van der Waals surface area contributed by atoms with Crippen LogP contribution in [0.5, 0.6) is 0 Å². The normalized spacial score (nSPS) is 10.9. The lowest BCUT2D eigenvalue weighted by Gasteiger charge is -2.06. The van der Waals surface area contributed by atoms with E-state index in [0.717, 1.165) is 11.3 Å². The van der Waals surface area contributed by atoms with Gasteiger partial charge in [-0.15, -0.1) is 11.3 Å². The Morgan fingerprint density at radius 3 is 2.88 bits per heavy atom. The average Bonchev–Trinajstić information content (AvgIpc) is 3.07. The fraction of sp³-hybridized carbons (Fsp3) is 0.278. The number of fused-ring (bicyclic) bond motifs is 1. The first kappa shape index (κ1) is 17.3. The monoisotopic (exact) mass is 357 g/mol. The molecule has 0 aliphatic rings. The van der Waals surface area contributed by atoms with Gasteiger partial charge in [-0.25, -0.2) is 4.98 Å². The highest BCUT2D eigenvalue weighted by Gasteiger charge is 2.16. The van der Waals surface area contributed by atoms with Crippen LogP contribution in [0.25, 0.3) is 16.2 Å². The molecule has 0 aliphatic carbocycles. The number of hydrogen-bond donors (Lipinski definition) is 1. The van der Waals surface area contributed by atoms with Crippen LogP contribution in [0.2, 0.25) is 0 Å². The summed E-state index contributed by atoms with van der Waals surface area (Å²) in [6.07, 6.45) is 2.05.